The van der Waals surface area contributed by atoms with Crippen LogP contribution in [0, 0.1) is 0 Å². The number of hydrogen-bond acceptors (Lipinski definition) is 5. The van der Waals surface area contributed by atoms with Gasteiger partial charge in [0.25, 0.3) is 0 Å². The summed E-state index contributed by atoms with van der Waals surface area (Å²) in [7, 11) is -0.0347. The summed E-state index contributed by atoms with van der Waals surface area (Å²) in [5.74, 6) is 0.847. The van der Waals surface area contributed by atoms with Crippen molar-refractivity contribution in [2.75, 3.05) is 25.7 Å². The molecule has 1 rings (SSSR count). The van der Waals surface area contributed by atoms with Crippen molar-refractivity contribution in [3.63, 3.8) is 0 Å². The fraction of sp³-hybridized carbons (Fsp3) is 0.857. The summed E-state index contributed by atoms with van der Waals surface area (Å²) < 4.78 is 28.9. The van der Waals surface area contributed by atoms with E-state index in [0.29, 0.717) is 11.5 Å². The summed E-state index contributed by atoms with van der Waals surface area (Å²) in [6.45, 7) is 0. The third kappa shape index (κ3) is 6.39. The summed E-state index contributed by atoms with van der Waals surface area (Å²) in [6, 6.07) is 0. The van der Waals surface area contributed by atoms with Gasteiger partial charge in [0.15, 0.2) is 0 Å². The van der Waals surface area contributed by atoms with Gasteiger partial charge in [-0.3, -0.25) is 0 Å². The van der Waals surface area contributed by atoms with Gasteiger partial charge < -0.3 is 9.47 Å². The SMILES string of the molecule is COC(=O)OC.O=S1(=O)CCCC1. The van der Waals surface area contributed by atoms with Gasteiger partial charge in [0.2, 0.25) is 0 Å². The number of hydrogen-bond donors (Lipinski definition) is 0. The van der Waals surface area contributed by atoms with E-state index in [-0.39, 0.29) is 0 Å². The molecule has 13 heavy (non-hydrogen) atoms. The van der Waals surface area contributed by atoms with Gasteiger partial charge in [-0.2, -0.15) is 0 Å². The van der Waals surface area contributed by atoms with Gasteiger partial charge in [0, 0.05) is 0 Å². The number of carbonyl (C=O) groups is 1. The van der Waals surface area contributed by atoms with E-state index in [9.17, 15) is 13.2 Å². The van der Waals surface area contributed by atoms with Crippen LogP contribution in [0.2, 0.25) is 0 Å². The lowest BCUT2D eigenvalue weighted by atomic mass is 10.4. The summed E-state index contributed by atoms with van der Waals surface area (Å²) in [5, 5.41) is 0. The quantitative estimate of drug-likeness (QED) is 0.547. The van der Waals surface area contributed by atoms with E-state index in [2.05, 4.69) is 9.47 Å². The highest BCUT2D eigenvalue weighted by Gasteiger charge is 2.16. The normalized spacial score (nSPS) is 18.3. The van der Waals surface area contributed by atoms with E-state index in [1.807, 2.05) is 0 Å². The molecule has 0 aromatic rings. The fourth-order valence-electron chi connectivity index (χ4n) is 0.829. The van der Waals surface area contributed by atoms with E-state index in [0.717, 1.165) is 12.8 Å². The topological polar surface area (TPSA) is 69.7 Å². The van der Waals surface area contributed by atoms with Crippen LogP contribution < -0.4 is 0 Å². The Morgan fingerprint density at radius 3 is 1.54 bits per heavy atom. The van der Waals surface area contributed by atoms with Crippen molar-refractivity contribution >= 4 is 16.0 Å². The number of ether oxygens (including phenoxy) is 2. The lowest BCUT2D eigenvalue weighted by Gasteiger charge is -1.89. The molecule has 1 heterocycles. The van der Waals surface area contributed by atoms with Gasteiger partial charge in [-0.15, -0.1) is 0 Å². The maximum absolute atomic E-state index is 10.4. The second-order valence-corrected chi connectivity index (χ2v) is 4.82. The molecule has 6 heteroatoms. The van der Waals surface area contributed by atoms with E-state index in [1.54, 1.807) is 0 Å². The van der Waals surface area contributed by atoms with Gasteiger partial charge in [0.05, 0.1) is 25.7 Å². The molecule has 0 atom stereocenters. The Kier molecular flexibility index (Phi) is 5.45. The largest absolute Gasteiger partial charge is 0.507 e. The number of rotatable bonds is 0. The Bertz CT molecular complexity index is 226. The first-order valence-corrected chi connectivity index (χ1v) is 5.66. The van der Waals surface area contributed by atoms with E-state index < -0.39 is 16.0 Å². The van der Waals surface area contributed by atoms with Crippen molar-refractivity contribution < 1.29 is 22.7 Å². The molecule has 0 radical (unpaired) electrons. The van der Waals surface area contributed by atoms with Crippen LogP contribution in [0.15, 0.2) is 0 Å². The van der Waals surface area contributed by atoms with E-state index in [4.69, 9.17) is 0 Å². The lowest BCUT2D eigenvalue weighted by molar-refractivity contribution is 0.0924. The van der Waals surface area contributed by atoms with Crippen LogP contribution in [-0.4, -0.2) is 40.3 Å². The summed E-state index contributed by atoms with van der Waals surface area (Å²) in [4.78, 5) is 9.74. The molecule has 0 aromatic carbocycles. The van der Waals surface area contributed by atoms with Crippen LogP contribution in [0.4, 0.5) is 4.79 Å². The maximum atomic E-state index is 10.4. The smallest absolute Gasteiger partial charge is 0.438 e. The molecule has 5 nitrogen and oxygen atoms in total. The Hall–Kier alpha value is -0.780. The van der Waals surface area contributed by atoms with E-state index in [1.165, 1.54) is 14.2 Å². The van der Waals surface area contributed by atoms with Crippen LogP contribution in [0.1, 0.15) is 12.8 Å². The third-order valence-electron chi connectivity index (χ3n) is 1.49. The van der Waals surface area contributed by atoms with Crippen LogP contribution in [0.5, 0.6) is 0 Å². The van der Waals surface area contributed by atoms with Crippen LogP contribution in [-0.2, 0) is 19.3 Å². The number of methoxy groups -OCH3 is 2. The summed E-state index contributed by atoms with van der Waals surface area (Å²) in [5.41, 5.74) is 0. The van der Waals surface area contributed by atoms with Gasteiger partial charge in [0.1, 0.15) is 9.84 Å². The Labute approximate surface area is 77.9 Å². The average molecular weight is 210 g/mol. The van der Waals surface area contributed by atoms with Crippen molar-refractivity contribution in [1.82, 2.24) is 0 Å². The Morgan fingerprint density at radius 2 is 1.46 bits per heavy atom. The molecular weight excluding hydrogens is 196 g/mol. The zero-order chi connectivity index (χ0) is 10.3. The average Bonchev–Trinajstić information content (AvgIpc) is 2.49. The van der Waals surface area contributed by atoms with Gasteiger partial charge in [-0.1, -0.05) is 0 Å². The summed E-state index contributed by atoms with van der Waals surface area (Å²) >= 11 is 0. The molecule has 0 aliphatic carbocycles. The summed E-state index contributed by atoms with van der Waals surface area (Å²) in [6.07, 6.45) is 1.10. The molecule has 1 fully saturated rings. The standard InChI is InChI=1S/C4H8O2S.C3H6O3/c5-7(6)3-1-2-4-7;1-5-3(4)6-2/h1-4H2;1-2H3. The first-order valence-electron chi connectivity index (χ1n) is 3.84. The minimum Gasteiger partial charge on any atom is -0.438 e. The third-order valence-corrected chi connectivity index (χ3v) is 3.32. The highest BCUT2D eigenvalue weighted by atomic mass is 32.2. The molecule has 0 bridgehead atoms. The highest BCUT2D eigenvalue weighted by molar-refractivity contribution is 7.91. The molecule has 0 saturated carbocycles. The molecule has 78 valence electrons. The van der Waals surface area contributed by atoms with E-state index >= 15 is 0 Å². The molecule has 1 saturated heterocycles. The van der Waals surface area contributed by atoms with Gasteiger partial charge in [-0.05, 0) is 12.8 Å². The first kappa shape index (κ1) is 12.2. The zero-order valence-corrected chi connectivity index (χ0v) is 8.59. The maximum Gasteiger partial charge on any atom is 0.507 e. The van der Waals surface area contributed by atoms with Crippen molar-refractivity contribution in [1.29, 1.82) is 0 Å². The lowest BCUT2D eigenvalue weighted by Crippen LogP contribution is -1.98. The number of carbonyl (C=O) groups excluding carboxylic acids is 1. The van der Waals surface area contributed by atoms with Crippen molar-refractivity contribution in [2.45, 2.75) is 12.8 Å². The van der Waals surface area contributed by atoms with Crippen LogP contribution >= 0.6 is 0 Å². The van der Waals surface area contributed by atoms with Crippen molar-refractivity contribution in [3.05, 3.63) is 0 Å². The molecule has 0 N–H and O–H groups in total. The first-order chi connectivity index (χ1) is 6.02. The molecule has 0 aromatic heterocycles. The molecule has 0 amide bonds. The zero-order valence-electron chi connectivity index (χ0n) is 7.78. The van der Waals surface area contributed by atoms with Crippen LogP contribution in [0.25, 0.3) is 0 Å². The molecule has 0 unspecified atom stereocenters. The molecule has 1 aliphatic heterocycles. The predicted molar refractivity (Wildman–Crippen MR) is 47.3 cm³/mol. The second kappa shape index (κ2) is 5.80. The molecule has 1 aliphatic rings. The Morgan fingerprint density at radius 1 is 1.08 bits per heavy atom. The van der Waals surface area contributed by atoms with Crippen molar-refractivity contribution in [2.24, 2.45) is 0 Å². The molecular formula is C7H14O5S. The van der Waals surface area contributed by atoms with Gasteiger partial charge in [-0.25, -0.2) is 13.2 Å². The minimum absolute atomic E-state index is 0.424. The van der Waals surface area contributed by atoms with Gasteiger partial charge >= 0.3 is 6.16 Å². The minimum atomic E-state index is -2.55. The fourth-order valence-corrected chi connectivity index (χ4v) is 2.32. The highest BCUT2D eigenvalue weighted by Crippen LogP contribution is 2.08. The van der Waals surface area contributed by atoms with Crippen molar-refractivity contribution in [3.8, 4) is 0 Å². The Balaban J connectivity index is 0.000000226. The number of sulfone groups is 1. The molecule has 0 spiro atoms. The monoisotopic (exact) mass is 210 g/mol. The second-order valence-electron chi connectivity index (χ2n) is 2.52. The predicted octanol–water partition coefficient (Wildman–Crippen LogP) is 0.594. The van der Waals surface area contributed by atoms with Crippen LogP contribution in [0.3, 0.4) is 0 Å².